The van der Waals surface area contributed by atoms with E-state index in [4.69, 9.17) is 22.3 Å². The van der Waals surface area contributed by atoms with Gasteiger partial charge in [0.05, 0.1) is 0 Å². The highest BCUT2D eigenvalue weighted by molar-refractivity contribution is 9.10. The molecule has 1 aromatic carbocycles. The average Bonchev–Trinajstić information content (AvgIpc) is 2.66. The maximum Gasteiger partial charge on any atom is 0.131 e. The Labute approximate surface area is 126 Å². The Morgan fingerprint density at radius 2 is 2.11 bits per heavy atom. The van der Waals surface area contributed by atoms with E-state index in [1.54, 1.807) is 0 Å². The summed E-state index contributed by atoms with van der Waals surface area (Å²) in [5.41, 5.74) is 8.04. The number of aromatic nitrogens is 2. The van der Waals surface area contributed by atoms with Gasteiger partial charge in [-0.1, -0.05) is 40.5 Å². The van der Waals surface area contributed by atoms with Crippen LogP contribution in [0.3, 0.4) is 0 Å². The van der Waals surface area contributed by atoms with Crippen LogP contribution >= 0.6 is 27.5 Å². The fourth-order valence-corrected chi connectivity index (χ4v) is 3.03. The predicted molar refractivity (Wildman–Crippen MR) is 84.5 cm³/mol. The van der Waals surface area contributed by atoms with E-state index >= 15 is 0 Å². The van der Waals surface area contributed by atoms with Crippen LogP contribution in [0.4, 0.5) is 5.82 Å². The van der Waals surface area contributed by atoms with Crippen molar-refractivity contribution in [3.05, 3.63) is 33.5 Å². The van der Waals surface area contributed by atoms with E-state index in [0.29, 0.717) is 10.8 Å². The van der Waals surface area contributed by atoms with Crippen LogP contribution in [-0.4, -0.2) is 9.55 Å². The number of hydrogen-bond donors (Lipinski definition) is 1. The number of rotatable bonds is 4. The van der Waals surface area contributed by atoms with E-state index in [1.165, 1.54) is 0 Å². The largest absolute Gasteiger partial charge is 0.383 e. The number of nitrogens with two attached hydrogens (primary N) is 1. The molecule has 3 nitrogen and oxygen atoms in total. The molecule has 0 saturated carbocycles. The number of hydrogen-bond acceptors (Lipinski definition) is 2. The minimum Gasteiger partial charge on any atom is -0.383 e. The van der Waals surface area contributed by atoms with E-state index in [-0.39, 0.29) is 0 Å². The molecule has 0 fully saturated rings. The zero-order chi connectivity index (χ0) is 14.0. The molecular weight excluding hydrogens is 326 g/mol. The summed E-state index contributed by atoms with van der Waals surface area (Å²) in [4.78, 5) is 4.70. The van der Waals surface area contributed by atoms with E-state index in [1.807, 2.05) is 18.2 Å². The van der Waals surface area contributed by atoms with Crippen molar-refractivity contribution in [2.75, 3.05) is 5.73 Å². The van der Waals surface area contributed by atoms with Crippen molar-refractivity contribution in [1.29, 1.82) is 0 Å². The van der Waals surface area contributed by atoms with Crippen LogP contribution in [0.25, 0.3) is 11.3 Å². The maximum absolute atomic E-state index is 6.23. The second-order valence-electron chi connectivity index (χ2n) is 4.38. The van der Waals surface area contributed by atoms with Gasteiger partial charge in [0.15, 0.2) is 0 Å². The molecule has 0 aliphatic heterocycles. The molecule has 0 spiro atoms. The van der Waals surface area contributed by atoms with Crippen LogP contribution in [-0.2, 0) is 13.0 Å². The number of benzene rings is 1. The number of halogens is 2. The van der Waals surface area contributed by atoms with Crippen molar-refractivity contribution in [2.24, 2.45) is 0 Å². The van der Waals surface area contributed by atoms with Gasteiger partial charge in [-0.3, -0.25) is 0 Å². The van der Waals surface area contributed by atoms with E-state index in [2.05, 4.69) is 34.3 Å². The minimum atomic E-state index is 0.693. The number of anilines is 1. The summed E-state index contributed by atoms with van der Waals surface area (Å²) in [6, 6.07) is 5.66. The first-order chi connectivity index (χ1) is 9.08. The molecule has 0 atom stereocenters. The van der Waals surface area contributed by atoms with Crippen LogP contribution in [0.15, 0.2) is 22.7 Å². The molecule has 0 unspecified atom stereocenters. The molecular formula is C14H17BrClN3. The van der Waals surface area contributed by atoms with Gasteiger partial charge in [-0.05, 0) is 25.5 Å². The van der Waals surface area contributed by atoms with E-state index in [0.717, 1.165) is 40.9 Å². The predicted octanol–water partition coefficient (Wildman–Crippen LogP) is 4.52. The first kappa shape index (κ1) is 14.4. The molecule has 19 heavy (non-hydrogen) atoms. The molecule has 0 saturated heterocycles. The smallest absolute Gasteiger partial charge is 0.131 e. The van der Waals surface area contributed by atoms with Crippen LogP contribution in [0.5, 0.6) is 0 Å². The molecule has 2 rings (SSSR count). The van der Waals surface area contributed by atoms with Crippen molar-refractivity contribution in [2.45, 2.75) is 33.2 Å². The number of imidazole rings is 1. The summed E-state index contributed by atoms with van der Waals surface area (Å²) in [5.74, 6) is 1.76. The third kappa shape index (κ3) is 2.79. The van der Waals surface area contributed by atoms with Gasteiger partial charge >= 0.3 is 0 Å². The third-order valence-electron chi connectivity index (χ3n) is 3.06. The lowest BCUT2D eigenvalue weighted by molar-refractivity contribution is 0.690. The van der Waals surface area contributed by atoms with Gasteiger partial charge in [-0.2, -0.15) is 0 Å². The topological polar surface area (TPSA) is 43.8 Å². The zero-order valence-corrected chi connectivity index (χ0v) is 13.4. The Hall–Kier alpha value is -1.00. The molecule has 2 N–H and O–H groups in total. The van der Waals surface area contributed by atoms with Gasteiger partial charge in [0.1, 0.15) is 17.3 Å². The quantitative estimate of drug-likeness (QED) is 0.887. The first-order valence-corrected chi connectivity index (χ1v) is 7.55. The second kappa shape index (κ2) is 5.97. The molecule has 0 aliphatic rings. The highest BCUT2D eigenvalue weighted by atomic mass is 79.9. The molecule has 0 aliphatic carbocycles. The maximum atomic E-state index is 6.23. The van der Waals surface area contributed by atoms with E-state index < -0.39 is 0 Å². The Bertz CT molecular complexity index is 593. The Balaban J connectivity index is 2.56. The van der Waals surface area contributed by atoms with Gasteiger partial charge in [-0.15, -0.1) is 0 Å². The fraction of sp³-hybridized carbons (Fsp3) is 0.357. The van der Waals surface area contributed by atoms with Crippen molar-refractivity contribution in [3.8, 4) is 11.3 Å². The summed E-state index contributed by atoms with van der Waals surface area (Å²) in [7, 11) is 0. The van der Waals surface area contributed by atoms with Gasteiger partial charge in [0, 0.05) is 28.0 Å². The zero-order valence-electron chi connectivity index (χ0n) is 11.1. The van der Waals surface area contributed by atoms with Crippen LogP contribution in [0, 0.1) is 0 Å². The summed E-state index contributed by atoms with van der Waals surface area (Å²) in [6.45, 7) is 5.06. The van der Waals surface area contributed by atoms with Crippen molar-refractivity contribution in [3.63, 3.8) is 0 Å². The Kier molecular flexibility index (Phi) is 4.53. The van der Waals surface area contributed by atoms with Gasteiger partial charge in [0.2, 0.25) is 0 Å². The summed E-state index contributed by atoms with van der Waals surface area (Å²) in [5, 5.41) is 0.693. The monoisotopic (exact) mass is 341 g/mol. The van der Waals surface area contributed by atoms with Crippen molar-refractivity contribution < 1.29 is 0 Å². The Morgan fingerprint density at radius 3 is 2.68 bits per heavy atom. The van der Waals surface area contributed by atoms with Crippen LogP contribution < -0.4 is 5.73 Å². The normalized spacial score (nSPS) is 10.9. The summed E-state index contributed by atoms with van der Waals surface area (Å²) < 4.78 is 2.98. The highest BCUT2D eigenvalue weighted by Gasteiger charge is 2.16. The molecule has 0 radical (unpaired) electrons. The molecule has 2 aromatic rings. The molecule has 0 amide bonds. The van der Waals surface area contributed by atoms with Crippen LogP contribution in [0.1, 0.15) is 26.1 Å². The first-order valence-electron chi connectivity index (χ1n) is 6.38. The van der Waals surface area contributed by atoms with Crippen molar-refractivity contribution >= 4 is 33.3 Å². The number of aryl methyl sites for hydroxylation is 1. The molecule has 1 aromatic heterocycles. The molecule has 1 heterocycles. The minimum absolute atomic E-state index is 0.693. The molecule has 5 heteroatoms. The SMILES string of the molecule is CCCc1nc(-c2ccc(Cl)cc2Br)c(N)n1CC. The van der Waals surface area contributed by atoms with Crippen LogP contribution in [0.2, 0.25) is 5.02 Å². The summed E-state index contributed by atoms with van der Waals surface area (Å²) in [6.07, 6.45) is 1.99. The summed E-state index contributed by atoms with van der Waals surface area (Å²) >= 11 is 9.49. The van der Waals surface area contributed by atoms with Gasteiger partial charge < -0.3 is 10.3 Å². The van der Waals surface area contributed by atoms with Crippen molar-refractivity contribution in [1.82, 2.24) is 9.55 Å². The number of nitrogens with zero attached hydrogens (tertiary/aromatic N) is 2. The lowest BCUT2D eigenvalue weighted by Crippen LogP contribution is -2.05. The molecule has 0 bridgehead atoms. The fourth-order valence-electron chi connectivity index (χ4n) is 2.16. The number of nitrogen functional groups attached to an aromatic ring is 1. The lowest BCUT2D eigenvalue weighted by Gasteiger charge is -2.06. The average molecular weight is 343 g/mol. The highest BCUT2D eigenvalue weighted by Crippen LogP contribution is 2.34. The van der Waals surface area contributed by atoms with Gasteiger partial charge in [-0.25, -0.2) is 4.98 Å². The Morgan fingerprint density at radius 1 is 1.37 bits per heavy atom. The van der Waals surface area contributed by atoms with Gasteiger partial charge in [0.25, 0.3) is 0 Å². The third-order valence-corrected chi connectivity index (χ3v) is 3.95. The second-order valence-corrected chi connectivity index (χ2v) is 5.67. The lowest BCUT2D eigenvalue weighted by atomic mass is 10.1. The van der Waals surface area contributed by atoms with E-state index in [9.17, 15) is 0 Å². The molecule has 102 valence electrons. The standard InChI is InChI=1S/C14H17BrClN3/c1-3-5-12-18-13(14(17)19(12)4-2)10-7-6-9(16)8-11(10)15/h6-8H,3-5,17H2,1-2H3.